The van der Waals surface area contributed by atoms with Crippen LogP contribution in [0.15, 0.2) is 42.5 Å². The molecule has 0 heterocycles. The highest BCUT2D eigenvalue weighted by atomic mass is 16.1. The van der Waals surface area contributed by atoms with Crippen molar-refractivity contribution in [3.05, 3.63) is 48.0 Å². The minimum absolute atomic E-state index is 0.254. The minimum Gasteiger partial charge on any atom is -0.295 e. The second-order valence-electron chi connectivity index (χ2n) is 3.94. The maximum atomic E-state index is 11.2. The molecule has 2 atom stereocenters. The molecule has 0 saturated heterocycles. The van der Waals surface area contributed by atoms with Crippen LogP contribution < -0.4 is 0 Å². The van der Waals surface area contributed by atoms with Crippen molar-refractivity contribution in [2.45, 2.75) is 19.3 Å². The zero-order valence-electron chi connectivity index (χ0n) is 8.31. The van der Waals surface area contributed by atoms with E-state index in [1.165, 1.54) is 5.56 Å². The van der Waals surface area contributed by atoms with E-state index in [0.29, 0.717) is 18.3 Å². The summed E-state index contributed by atoms with van der Waals surface area (Å²) in [6, 6.07) is 10.4. The second kappa shape index (κ2) is 3.79. The molecule has 2 rings (SSSR count). The Bertz CT molecular complexity index is 351. The van der Waals surface area contributed by atoms with Crippen LogP contribution in [0.1, 0.15) is 24.8 Å². The maximum Gasteiger partial charge on any atom is 0.155 e. The fourth-order valence-electron chi connectivity index (χ4n) is 2.03. The largest absolute Gasteiger partial charge is 0.295 e. The molecule has 2 unspecified atom stereocenters. The fraction of sp³-hybridized carbons (Fsp3) is 0.308. The third-order valence-corrected chi connectivity index (χ3v) is 2.81. The Labute approximate surface area is 84.5 Å². The Hall–Kier alpha value is -1.37. The van der Waals surface area contributed by atoms with Crippen molar-refractivity contribution in [2.75, 3.05) is 0 Å². The molecular formula is C13H14O. The second-order valence-corrected chi connectivity index (χ2v) is 3.94. The number of hydrogen-bond donors (Lipinski definition) is 0. The highest BCUT2D eigenvalue weighted by molar-refractivity contribution is 5.91. The van der Waals surface area contributed by atoms with Crippen LogP contribution in [0.5, 0.6) is 0 Å². The van der Waals surface area contributed by atoms with Gasteiger partial charge >= 0.3 is 0 Å². The number of allylic oxidation sites excluding steroid dienone is 2. The van der Waals surface area contributed by atoms with E-state index in [1.807, 2.05) is 24.3 Å². The van der Waals surface area contributed by atoms with Gasteiger partial charge in [0.05, 0.1) is 0 Å². The van der Waals surface area contributed by atoms with Crippen molar-refractivity contribution in [1.29, 1.82) is 0 Å². The summed E-state index contributed by atoms with van der Waals surface area (Å²) >= 11 is 0. The summed E-state index contributed by atoms with van der Waals surface area (Å²) in [5, 5.41) is 0. The average Bonchev–Trinajstić information content (AvgIpc) is 2.19. The standard InChI is InChI=1S/C13H14O/c1-10-9-12(14)7-8-13(10)11-5-3-2-4-6-11/h2-8,10,13H,9H2,1H3. The van der Waals surface area contributed by atoms with Crippen LogP contribution in [0.4, 0.5) is 0 Å². The average molecular weight is 186 g/mol. The predicted octanol–water partition coefficient (Wildman–Crippen LogP) is 2.94. The zero-order chi connectivity index (χ0) is 9.97. The molecule has 0 aromatic heterocycles. The van der Waals surface area contributed by atoms with E-state index in [0.717, 1.165) is 0 Å². The Kier molecular flexibility index (Phi) is 2.49. The molecule has 0 bridgehead atoms. The van der Waals surface area contributed by atoms with Gasteiger partial charge in [0.15, 0.2) is 5.78 Å². The number of hydrogen-bond acceptors (Lipinski definition) is 1. The Morgan fingerprint density at radius 2 is 1.93 bits per heavy atom. The van der Waals surface area contributed by atoms with E-state index in [-0.39, 0.29) is 5.78 Å². The first-order valence-electron chi connectivity index (χ1n) is 5.03. The summed E-state index contributed by atoms with van der Waals surface area (Å²) in [7, 11) is 0. The number of rotatable bonds is 1. The lowest BCUT2D eigenvalue weighted by molar-refractivity contribution is -0.115. The topological polar surface area (TPSA) is 17.1 Å². The van der Waals surface area contributed by atoms with E-state index < -0.39 is 0 Å². The smallest absolute Gasteiger partial charge is 0.155 e. The summed E-state index contributed by atoms with van der Waals surface area (Å²) in [6.07, 6.45) is 4.43. The Morgan fingerprint density at radius 1 is 1.21 bits per heavy atom. The van der Waals surface area contributed by atoms with E-state index in [1.54, 1.807) is 6.08 Å². The van der Waals surface area contributed by atoms with Gasteiger partial charge in [-0.05, 0) is 17.6 Å². The van der Waals surface area contributed by atoms with E-state index in [2.05, 4.69) is 19.1 Å². The summed E-state index contributed by atoms with van der Waals surface area (Å²) in [6.45, 7) is 2.14. The normalized spacial score (nSPS) is 26.5. The quantitative estimate of drug-likeness (QED) is 0.659. The SMILES string of the molecule is CC1CC(=O)C=CC1c1ccccc1. The molecule has 1 aromatic rings. The van der Waals surface area contributed by atoms with Gasteiger partial charge in [-0.3, -0.25) is 4.79 Å². The monoisotopic (exact) mass is 186 g/mol. The molecule has 0 spiro atoms. The van der Waals surface area contributed by atoms with Gasteiger partial charge < -0.3 is 0 Å². The Morgan fingerprint density at radius 3 is 2.57 bits per heavy atom. The van der Waals surface area contributed by atoms with Crippen LogP contribution in [0.2, 0.25) is 0 Å². The lowest BCUT2D eigenvalue weighted by atomic mass is 9.80. The molecule has 0 fully saturated rings. The van der Waals surface area contributed by atoms with Crippen LogP contribution in [-0.2, 0) is 4.79 Å². The number of carbonyl (C=O) groups excluding carboxylic acids is 1. The van der Waals surface area contributed by atoms with Crippen LogP contribution >= 0.6 is 0 Å². The van der Waals surface area contributed by atoms with E-state index in [4.69, 9.17) is 0 Å². The fourth-order valence-corrected chi connectivity index (χ4v) is 2.03. The maximum absolute atomic E-state index is 11.2. The van der Waals surface area contributed by atoms with Gasteiger partial charge in [0.25, 0.3) is 0 Å². The number of ketones is 1. The molecule has 1 aromatic carbocycles. The van der Waals surface area contributed by atoms with Gasteiger partial charge in [-0.15, -0.1) is 0 Å². The molecule has 0 radical (unpaired) electrons. The highest BCUT2D eigenvalue weighted by Crippen LogP contribution is 2.31. The first-order valence-corrected chi connectivity index (χ1v) is 5.03. The summed E-state index contributed by atoms with van der Waals surface area (Å²) < 4.78 is 0. The van der Waals surface area contributed by atoms with E-state index >= 15 is 0 Å². The lowest BCUT2D eigenvalue weighted by Gasteiger charge is -2.23. The molecule has 1 heteroatoms. The van der Waals surface area contributed by atoms with Crippen LogP contribution in [0.25, 0.3) is 0 Å². The molecule has 1 nitrogen and oxygen atoms in total. The van der Waals surface area contributed by atoms with Gasteiger partial charge in [0.2, 0.25) is 0 Å². The first-order chi connectivity index (χ1) is 6.77. The van der Waals surface area contributed by atoms with Crippen LogP contribution in [0.3, 0.4) is 0 Å². The lowest BCUT2D eigenvalue weighted by Crippen LogP contribution is -2.16. The molecule has 0 amide bonds. The third kappa shape index (κ3) is 1.77. The van der Waals surface area contributed by atoms with Gasteiger partial charge in [0, 0.05) is 12.3 Å². The molecule has 72 valence electrons. The van der Waals surface area contributed by atoms with Crippen molar-refractivity contribution in [2.24, 2.45) is 5.92 Å². The first kappa shape index (κ1) is 9.20. The summed E-state index contributed by atoms with van der Waals surface area (Å²) in [5.74, 6) is 1.09. The zero-order valence-corrected chi connectivity index (χ0v) is 8.31. The van der Waals surface area contributed by atoms with Gasteiger partial charge in [0.1, 0.15) is 0 Å². The number of benzene rings is 1. The predicted molar refractivity (Wildman–Crippen MR) is 57.1 cm³/mol. The van der Waals surface area contributed by atoms with Crippen molar-refractivity contribution in [3.8, 4) is 0 Å². The molecule has 1 aliphatic carbocycles. The molecule has 0 N–H and O–H groups in total. The van der Waals surface area contributed by atoms with Crippen molar-refractivity contribution >= 4 is 5.78 Å². The molecular weight excluding hydrogens is 172 g/mol. The van der Waals surface area contributed by atoms with Crippen LogP contribution in [-0.4, -0.2) is 5.78 Å². The van der Waals surface area contributed by atoms with Crippen molar-refractivity contribution in [1.82, 2.24) is 0 Å². The molecule has 0 saturated carbocycles. The molecule has 14 heavy (non-hydrogen) atoms. The van der Waals surface area contributed by atoms with Gasteiger partial charge in [-0.1, -0.05) is 43.3 Å². The molecule has 1 aliphatic rings. The summed E-state index contributed by atoms with van der Waals surface area (Å²) in [4.78, 5) is 11.2. The van der Waals surface area contributed by atoms with Crippen molar-refractivity contribution < 1.29 is 4.79 Å². The van der Waals surface area contributed by atoms with Gasteiger partial charge in [-0.2, -0.15) is 0 Å². The minimum atomic E-state index is 0.254. The molecule has 0 aliphatic heterocycles. The number of carbonyl (C=O) groups is 1. The van der Waals surface area contributed by atoms with Crippen molar-refractivity contribution in [3.63, 3.8) is 0 Å². The van der Waals surface area contributed by atoms with E-state index in [9.17, 15) is 4.79 Å². The van der Waals surface area contributed by atoms with Gasteiger partial charge in [-0.25, -0.2) is 0 Å². The summed E-state index contributed by atoms with van der Waals surface area (Å²) in [5.41, 5.74) is 1.31. The highest BCUT2D eigenvalue weighted by Gasteiger charge is 2.22. The van der Waals surface area contributed by atoms with Crippen LogP contribution in [0, 0.1) is 5.92 Å². The Balaban J connectivity index is 2.27. The third-order valence-electron chi connectivity index (χ3n) is 2.81.